The number of alkyl halides is 3. The van der Waals surface area contributed by atoms with Crippen LogP contribution in [-0.4, -0.2) is 72.2 Å². The van der Waals surface area contributed by atoms with E-state index in [4.69, 9.17) is 11.6 Å². The number of amides is 1. The summed E-state index contributed by atoms with van der Waals surface area (Å²) in [5, 5.41) is 9.99. The Balaban J connectivity index is 1.31. The normalized spacial score (nSPS) is 26.6. The van der Waals surface area contributed by atoms with Crippen LogP contribution in [0, 0.1) is 5.41 Å². The predicted octanol–water partition coefficient (Wildman–Crippen LogP) is 3.63. The van der Waals surface area contributed by atoms with Gasteiger partial charge in [-0.1, -0.05) is 11.6 Å². The third-order valence-corrected chi connectivity index (χ3v) is 7.52. The number of nitrogens with zero attached hydrogens (tertiary/aromatic N) is 3. The molecule has 1 aromatic carbocycles. The Morgan fingerprint density at radius 3 is 2.55 bits per heavy atom. The fourth-order valence-electron chi connectivity index (χ4n) is 4.92. The predicted molar refractivity (Wildman–Crippen MR) is 113 cm³/mol. The van der Waals surface area contributed by atoms with Crippen LogP contribution in [-0.2, 0) is 11.0 Å². The average molecular weight is 460 g/mol. The van der Waals surface area contributed by atoms with E-state index in [0.29, 0.717) is 31.9 Å². The Labute approximate surface area is 185 Å². The first-order valence-corrected chi connectivity index (χ1v) is 11.3. The van der Waals surface area contributed by atoms with Gasteiger partial charge in [0.25, 0.3) is 0 Å². The number of β-amino-alcohol motifs (C(OH)–C–C–N with tert-alkyl or cyclic N) is 1. The summed E-state index contributed by atoms with van der Waals surface area (Å²) in [6, 6.07) is 3.26. The molecular weight excluding hydrogens is 431 g/mol. The van der Waals surface area contributed by atoms with Crippen molar-refractivity contribution >= 4 is 23.2 Å². The van der Waals surface area contributed by atoms with Gasteiger partial charge in [-0.2, -0.15) is 13.2 Å². The molecule has 0 radical (unpaired) electrons. The molecule has 1 spiro atoms. The maximum Gasteiger partial charge on any atom is 0.417 e. The van der Waals surface area contributed by atoms with Crippen LogP contribution in [0.4, 0.5) is 18.9 Å². The lowest BCUT2D eigenvalue weighted by Gasteiger charge is -2.41. The van der Waals surface area contributed by atoms with E-state index in [1.807, 2.05) is 0 Å². The molecule has 3 aliphatic rings. The number of anilines is 1. The second-order valence-electron chi connectivity index (χ2n) is 9.14. The first kappa shape index (κ1) is 22.7. The molecule has 0 aromatic heterocycles. The van der Waals surface area contributed by atoms with Crippen LogP contribution in [0.2, 0.25) is 5.02 Å². The monoisotopic (exact) mass is 459 g/mol. The van der Waals surface area contributed by atoms with Crippen LogP contribution in [0.15, 0.2) is 18.2 Å². The number of aliphatic hydroxyl groups excluding tert-OH is 1. The summed E-state index contributed by atoms with van der Waals surface area (Å²) in [4.78, 5) is 18.6. The Kier molecular flexibility index (Phi) is 6.18. The molecule has 4 rings (SSSR count). The molecule has 2 atom stereocenters. The minimum absolute atomic E-state index is 0.0784. The Morgan fingerprint density at radius 2 is 1.90 bits per heavy atom. The van der Waals surface area contributed by atoms with Crippen molar-refractivity contribution in [1.82, 2.24) is 9.80 Å². The van der Waals surface area contributed by atoms with Gasteiger partial charge in [-0.05, 0) is 69.3 Å². The molecule has 2 aliphatic heterocycles. The Morgan fingerprint density at radius 1 is 1.16 bits per heavy atom. The van der Waals surface area contributed by atoms with Gasteiger partial charge in [-0.3, -0.25) is 4.79 Å². The SMILES string of the molecule is CC1C(=O)N(CCCN2CCC3(CC3)[C@H](O)C2)CCN1c1ccc(Cl)c(C(F)(F)F)c1. The van der Waals surface area contributed by atoms with Gasteiger partial charge in [-0.25, -0.2) is 0 Å². The van der Waals surface area contributed by atoms with Crippen molar-refractivity contribution in [2.24, 2.45) is 5.41 Å². The topological polar surface area (TPSA) is 47.0 Å². The third-order valence-electron chi connectivity index (χ3n) is 7.19. The van der Waals surface area contributed by atoms with Gasteiger partial charge in [0.1, 0.15) is 6.04 Å². The number of halogens is 4. The van der Waals surface area contributed by atoms with Crippen molar-refractivity contribution < 1.29 is 23.1 Å². The van der Waals surface area contributed by atoms with E-state index in [1.54, 1.807) is 16.7 Å². The van der Waals surface area contributed by atoms with Gasteiger partial charge in [0.15, 0.2) is 0 Å². The van der Waals surface area contributed by atoms with E-state index in [-0.39, 0.29) is 22.4 Å². The van der Waals surface area contributed by atoms with E-state index < -0.39 is 17.8 Å². The summed E-state index contributed by atoms with van der Waals surface area (Å²) in [6.45, 7) is 5.82. The molecule has 9 heteroatoms. The first-order valence-electron chi connectivity index (χ1n) is 10.9. The van der Waals surface area contributed by atoms with Gasteiger partial charge in [0, 0.05) is 31.9 Å². The molecule has 1 amide bonds. The van der Waals surface area contributed by atoms with Gasteiger partial charge < -0.3 is 19.8 Å². The minimum atomic E-state index is -4.54. The van der Waals surface area contributed by atoms with Crippen molar-refractivity contribution in [3.8, 4) is 0 Å². The van der Waals surface area contributed by atoms with E-state index >= 15 is 0 Å². The second-order valence-corrected chi connectivity index (χ2v) is 9.55. The van der Waals surface area contributed by atoms with E-state index in [0.717, 1.165) is 44.8 Å². The van der Waals surface area contributed by atoms with Gasteiger partial charge >= 0.3 is 6.18 Å². The first-order chi connectivity index (χ1) is 14.6. The number of rotatable bonds is 5. The number of carbonyl (C=O) groups is 1. The average Bonchev–Trinajstić information content (AvgIpc) is 3.49. The highest BCUT2D eigenvalue weighted by Gasteiger charge is 2.51. The van der Waals surface area contributed by atoms with Crippen LogP contribution in [0.3, 0.4) is 0 Å². The highest BCUT2D eigenvalue weighted by atomic mass is 35.5. The molecule has 3 fully saturated rings. The van der Waals surface area contributed by atoms with Gasteiger partial charge in [-0.15, -0.1) is 0 Å². The number of likely N-dealkylation sites (tertiary alicyclic amines) is 1. The molecule has 0 bridgehead atoms. The molecule has 2 saturated heterocycles. The molecule has 1 aliphatic carbocycles. The molecule has 31 heavy (non-hydrogen) atoms. The summed E-state index contributed by atoms with van der Waals surface area (Å²) in [7, 11) is 0. The number of piperidine rings is 1. The number of hydrogen-bond donors (Lipinski definition) is 1. The number of benzene rings is 1. The summed E-state index contributed by atoms with van der Waals surface area (Å²) in [6.07, 6.45) is -0.648. The van der Waals surface area contributed by atoms with E-state index in [1.165, 1.54) is 12.1 Å². The van der Waals surface area contributed by atoms with Crippen molar-refractivity contribution in [3.05, 3.63) is 28.8 Å². The lowest BCUT2D eigenvalue weighted by molar-refractivity contribution is -0.137. The van der Waals surface area contributed by atoms with Crippen LogP contribution in [0.5, 0.6) is 0 Å². The zero-order valence-electron chi connectivity index (χ0n) is 17.7. The zero-order chi connectivity index (χ0) is 22.4. The standard InChI is InChI=1S/C22H29ClF3N3O2/c1-15-20(31)28(9-2-8-27-10-7-21(5-6-21)19(30)14-27)11-12-29(15)16-3-4-18(23)17(13-16)22(24,25)26/h3-4,13,15,19,30H,2,5-12,14H2,1H3/t15?,19-/m1/s1. The Hall–Kier alpha value is -1.51. The quantitative estimate of drug-likeness (QED) is 0.730. The van der Waals surface area contributed by atoms with Crippen LogP contribution < -0.4 is 4.90 Å². The molecule has 5 nitrogen and oxygen atoms in total. The fraction of sp³-hybridized carbons (Fsp3) is 0.682. The van der Waals surface area contributed by atoms with E-state index in [2.05, 4.69) is 4.90 Å². The number of piperazine rings is 1. The van der Waals surface area contributed by atoms with Gasteiger partial charge in [0.2, 0.25) is 5.91 Å². The molecule has 2 heterocycles. The van der Waals surface area contributed by atoms with E-state index in [9.17, 15) is 23.1 Å². The maximum absolute atomic E-state index is 13.2. The minimum Gasteiger partial charge on any atom is -0.391 e. The third kappa shape index (κ3) is 4.66. The lowest BCUT2D eigenvalue weighted by Crippen LogP contribution is -2.56. The number of carbonyl (C=O) groups excluding carboxylic acids is 1. The lowest BCUT2D eigenvalue weighted by atomic mass is 9.90. The summed E-state index contributed by atoms with van der Waals surface area (Å²) >= 11 is 5.72. The molecule has 1 unspecified atom stereocenters. The highest BCUT2D eigenvalue weighted by Crippen LogP contribution is 2.53. The molecule has 1 aromatic rings. The van der Waals surface area contributed by atoms with Crippen LogP contribution in [0.1, 0.15) is 38.2 Å². The smallest absolute Gasteiger partial charge is 0.391 e. The summed E-state index contributed by atoms with van der Waals surface area (Å²) < 4.78 is 39.6. The van der Waals surface area contributed by atoms with Gasteiger partial charge in [0.05, 0.1) is 16.7 Å². The largest absolute Gasteiger partial charge is 0.417 e. The van der Waals surface area contributed by atoms with Crippen molar-refractivity contribution in [1.29, 1.82) is 0 Å². The Bertz CT molecular complexity index is 831. The summed E-state index contributed by atoms with van der Waals surface area (Å²) in [5.74, 6) is -0.0784. The van der Waals surface area contributed by atoms with Crippen molar-refractivity contribution in [2.75, 3.05) is 44.2 Å². The summed E-state index contributed by atoms with van der Waals surface area (Å²) in [5.41, 5.74) is -0.342. The molecule has 1 N–H and O–H groups in total. The van der Waals surface area contributed by atoms with Crippen LogP contribution >= 0.6 is 11.6 Å². The molecular formula is C22H29ClF3N3O2. The molecule has 1 saturated carbocycles. The number of aliphatic hydroxyl groups is 1. The number of hydrogen-bond acceptors (Lipinski definition) is 4. The maximum atomic E-state index is 13.2. The second kappa shape index (κ2) is 8.45. The zero-order valence-corrected chi connectivity index (χ0v) is 18.4. The van der Waals surface area contributed by atoms with Crippen molar-refractivity contribution in [2.45, 2.75) is 50.9 Å². The molecule has 172 valence electrons. The van der Waals surface area contributed by atoms with Crippen LogP contribution in [0.25, 0.3) is 0 Å². The highest BCUT2D eigenvalue weighted by molar-refractivity contribution is 6.31. The van der Waals surface area contributed by atoms with Crippen molar-refractivity contribution in [3.63, 3.8) is 0 Å². The fourth-order valence-corrected chi connectivity index (χ4v) is 5.15.